The van der Waals surface area contributed by atoms with Crippen LogP contribution in [-0.2, 0) is 34.8 Å². The predicted molar refractivity (Wildman–Crippen MR) is 157 cm³/mol. The predicted octanol–water partition coefficient (Wildman–Crippen LogP) is 3.26. The summed E-state index contributed by atoms with van der Waals surface area (Å²) in [5, 5.41) is 29.0. The van der Waals surface area contributed by atoms with Gasteiger partial charge in [-0.05, 0) is 40.8 Å². The molecule has 0 radical (unpaired) electrons. The van der Waals surface area contributed by atoms with Crippen molar-refractivity contribution in [2.45, 2.75) is 58.6 Å². The molecule has 4 aromatic rings. The number of nitrogens with zero attached hydrogens (tertiary/aromatic N) is 4. The van der Waals surface area contributed by atoms with E-state index in [4.69, 9.17) is 9.72 Å². The quantitative estimate of drug-likeness (QED) is 0.217. The average molecular weight is 568 g/mol. The van der Waals surface area contributed by atoms with Crippen molar-refractivity contribution in [1.29, 1.82) is 0 Å². The second kappa shape index (κ2) is 9.38. The number of aromatic nitrogens is 2. The molecule has 3 N–H and O–H groups in total. The van der Waals surface area contributed by atoms with Crippen molar-refractivity contribution in [3.05, 3.63) is 87.0 Å². The van der Waals surface area contributed by atoms with Gasteiger partial charge in [0, 0.05) is 29.8 Å². The Kier molecular flexibility index (Phi) is 5.95. The summed E-state index contributed by atoms with van der Waals surface area (Å²) < 4.78 is 6.92. The zero-order valence-electron chi connectivity index (χ0n) is 24.0. The van der Waals surface area contributed by atoms with Gasteiger partial charge in [0.15, 0.2) is 5.60 Å². The van der Waals surface area contributed by atoms with Crippen LogP contribution < -0.4 is 11.0 Å². The third-order valence-corrected chi connectivity index (χ3v) is 8.93. The molecule has 0 amide bonds. The molecule has 5 heterocycles. The van der Waals surface area contributed by atoms with Gasteiger partial charge in [0.1, 0.15) is 6.61 Å². The van der Waals surface area contributed by atoms with Crippen LogP contribution >= 0.6 is 0 Å². The number of aliphatic hydroxyl groups is 2. The zero-order chi connectivity index (χ0) is 29.5. The number of carbonyl (C=O) groups is 1. The van der Waals surface area contributed by atoms with Gasteiger partial charge in [-0.2, -0.15) is 0 Å². The number of carbonyl (C=O) groups excluding carboxylic acids is 1. The van der Waals surface area contributed by atoms with Crippen LogP contribution in [0, 0.1) is 5.92 Å². The van der Waals surface area contributed by atoms with Crippen molar-refractivity contribution in [2.75, 3.05) is 7.05 Å². The molecule has 0 saturated carbocycles. The van der Waals surface area contributed by atoms with Crippen LogP contribution in [0.15, 0.2) is 59.2 Å². The lowest BCUT2D eigenvalue weighted by atomic mass is 9.86. The van der Waals surface area contributed by atoms with Crippen molar-refractivity contribution in [1.82, 2.24) is 25.1 Å². The maximum Gasteiger partial charge on any atom is 0.343 e. The van der Waals surface area contributed by atoms with Gasteiger partial charge in [-0.3, -0.25) is 9.80 Å². The number of esters is 1. The molecule has 3 aliphatic heterocycles. The van der Waals surface area contributed by atoms with Crippen molar-refractivity contribution >= 4 is 27.6 Å². The molecule has 3 aliphatic rings. The molecule has 42 heavy (non-hydrogen) atoms. The molecular formula is C32H33N5O5. The smallest absolute Gasteiger partial charge is 0.343 e. The lowest BCUT2D eigenvalue weighted by Gasteiger charge is -2.31. The number of hydrazine groups is 2. The minimum absolute atomic E-state index is 0.0390. The minimum atomic E-state index is -1.89. The van der Waals surface area contributed by atoms with Gasteiger partial charge >= 0.3 is 5.97 Å². The van der Waals surface area contributed by atoms with Crippen LogP contribution in [-0.4, -0.2) is 49.0 Å². The molecule has 2 aromatic carbocycles. The summed E-state index contributed by atoms with van der Waals surface area (Å²) in [4.78, 5) is 31.6. The molecular weight excluding hydrogens is 534 g/mol. The third-order valence-electron chi connectivity index (χ3n) is 8.93. The fourth-order valence-corrected chi connectivity index (χ4v) is 6.46. The number of fused-ring (bicyclic) bond motifs is 7. The van der Waals surface area contributed by atoms with E-state index in [0.29, 0.717) is 41.3 Å². The van der Waals surface area contributed by atoms with Gasteiger partial charge in [-0.25, -0.2) is 9.78 Å². The molecule has 2 aromatic heterocycles. The van der Waals surface area contributed by atoms with Crippen LogP contribution in [0.3, 0.4) is 0 Å². The van der Waals surface area contributed by atoms with Crippen molar-refractivity contribution < 1.29 is 19.7 Å². The molecule has 2 atom stereocenters. The summed E-state index contributed by atoms with van der Waals surface area (Å²) in [5.74, 6) is -0.702. The van der Waals surface area contributed by atoms with Crippen LogP contribution in [0.4, 0.5) is 0 Å². The molecule has 10 nitrogen and oxygen atoms in total. The van der Waals surface area contributed by atoms with Crippen LogP contribution in [0.1, 0.15) is 49.4 Å². The standard InChI is InChI=1S/C32H33N5O5/c1-5-32(41)23-12-26-28-21(14-37(26)30(39)22(23)16-42-31(32)40)20(13-36-15-25(34-35(36)4)29(38)17(2)3)27-19-9-7-6-8-18(19)10-11-24(27)33-28/h6-12,15,17,29,34,38,41H,5,13-14,16H2,1-4H3/t29?,32-/m0/s1. The number of aliphatic hydroxyl groups excluding tert-OH is 1. The van der Waals surface area contributed by atoms with E-state index < -0.39 is 17.7 Å². The van der Waals surface area contributed by atoms with Crippen molar-refractivity contribution in [2.24, 2.45) is 5.92 Å². The SMILES string of the molecule is CC[C@@]1(O)C(=O)OCc2c1cc1n(c2=O)Cc2c-1nc1ccc3ccccc3c1c2CN1C=C(C(O)C(C)C)NN1C. The number of benzene rings is 2. The highest BCUT2D eigenvalue weighted by Gasteiger charge is 2.45. The Labute approximate surface area is 242 Å². The fourth-order valence-electron chi connectivity index (χ4n) is 6.46. The number of hydrogen-bond donors (Lipinski definition) is 3. The lowest BCUT2D eigenvalue weighted by molar-refractivity contribution is -0.172. The largest absolute Gasteiger partial charge is 0.458 e. The van der Waals surface area contributed by atoms with Gasteiger partial charge in [0.2, 0.25) is 0 Å². The molecule has 0 fully saturated rings. The number of pyridine rings is 2. The van der Waals surface area contributed by atoms with Crippen molar-refractivity contribution in [3.8, 4) is 11.4 Å². The van der Waals surface area contributed by atoms with Crippen LogP contribution in [0.25, 0.3) is 33.1 Å². The van der Waals surface area contributed by atoms with Gasteiger partial charge in [0.25, 0.3) is 5.56 Å². The monoisotopic (exact) mass is 567 g/mol. The van der Waals surface area contributed by atoms with E-state index >= 15 is 0 Å². The molecule has 7 rings (SSSR count). The average Bonchev–Trinajstić information content (AvgIpc) is 3.54. The topological polar surface area (TPSA) is 120 Å². The van der Waals surface area contributed by atoms with Crippen molar-refractivity contribution in [3.63, 3.8) is 0 Å². The Bertz CT molecular complexity index is 1900. The Morgan fingerprint density at radius 1 is 1.14 bits per heavy atom. The van der Waals surface area contributed by atoms with E-state index in [0.717, 1.165) is 32.8 Å². The normalized spacial score (nSPS) is 20.4. The number of ether oxygens (including phenoxy) is 1. The van der Waals surface area contributed by atoms with E-state index in [-0.39, 0.29) is 24.5 Å². The third kappa shape index (κ3) is 3.72. The molecule has 216 valence electrons. The Morgan fingerprint density at radius 2 is 1.93 bits per heavy atom. The summed E-state index contributed by atoms with van der Waals surface area (Å²) in [6.07, 6.45) is 1.36. The number of hydrogen-bond acceptors (Lipinski definition) is 9. The molecule has 0 bridgehead atoms. The van der Waals surface area contributed by atoms with Crippen LogP contribution in [0.2, 0.25) is 0 Å². The van der Waals surface area contributed by atoms with E-state index in [1.54, 1.807) is 17.6 Å². The van der Waals surface area contributed by atoms with Gasteiger partial charge < -0.3 is 24.9 Å². The lowest BCUT2D eigenvalue weighted by Crippen LogP contribution is -2.44. The van der Waals surface area contributed by atoms with E-state index in [9.17, 15) is 19.8 Å². The highest BCUT2D eigenvalue weighted by atomic mass is 16.6. The van der Waals surface area contributed by atoms with Crippen LogP contribution in [0.5, 0.6) is 0 Å². The summed E-state index contributed by atoms with van der Waals surface area (Å²) >= 11 is 0. The number of nitrogens with one attached hydrogen (secondary N) is 1. The highest BCUT2D eigenvalue weighted by molar-refractivity contribution is 6.09. The van der Waals surface area contributed by atoms with E-state index in [1.165, 1.54) is 0 Å². The molecule has 0 saturated heterocycles. The first kappa shape index (κ1) is 26.6. The zero-order valence-corrected chi connectivity index (χ0v) is 24.0. The highest BCUT2D eigenvalue weighted by Crippen LogP contribution is 2.42. The molecule has 10 heteroatoms. The molecule has 0 spiro atoms. The summed E-state index contributed by atoms with van der Waals surface area (Å²) in [7, 11) is 1.90. The maximum absolute atomic E-state index is 13.8. The first-order valence-electron chi connectivity index (χ1n) is 14.3. The first-order valence-corrected chi connectivity index (χ1v) is 14.3. The maximum atomic E-state index is 13.8. The Balaban J connectivity index is 1.47. The second-order valence-corrected chi connectivity index (χ2v) is 11.7. The van der Waals surface area contributed by atoms with E-state index in [2.05, 4.69) is 17.6 Å². The summed E-state index contributed by atoms with van der Waals surface area (Å²) in [5.41, 5.74) is 6.33. The summed E-state index contributed by atoms with van der Waals surface area (Å²) in [6, 6.07) is 14.0. The minimum Gasteiger partial charge on any atom is -0.458 e. The number of rotatable bonds is 5. The molecule has 1 unspecified atom stereocenters. The van der Waals surface area contributed by atoms with Gasteiger partial charge in [-0.1, -0.05) is 51.1 Å². The van der Waals surface area contributed by atoms with Gasteiger partial charge in [0.05, 0.1) is 47.4 Å². The fraction of sp³-hybridized carbons (Fsp3) is 0.344. The van der Waals surface area contributed by atoms with Gasteiger partial charge in [-0.15, -0.1) is 5.12 Å². The van der Waals surface area contributed by atoms with E-state index in [1.807, 2.05) is 61.5 Å². The summed E-state index contributed by atoms with van der Waals surface area (Å²) in [6.45, 7) is 6.22. The first-order chi connectivity index (χ1) is 20.1. The molecule has 0 aliphatic carbocycles. The number of cyclic esters (lactones) is 1. The Hall–Kier alpha value is -4.25. The Morgan fingerprint density at radius 3 is 2.69 bits per heavy atom. The second-order valence-electron chi connectivity index (χ2n) is 11.7.